The first kappa shape index (κ1) is 9.73. The first-order valence-corrected chi connectivity index (χ1v) is 5.07. The van der Waals surface area contributed by atoms with Crippen molar-refractivity contribution in [2.75, 3.05) is 19.6 Å². The molecule has 0 bridgehead atoms. The highest BCUT2D eigenvalue weighted by Crippen LogP contribution is 2.37. The van der Waals surface area contributed by atoms with E-state index in [2.05, 4.69) is 10.1 Å². The molecule has 80 valence electrons. The number of aliphatic hydroxyl groups is 1. The van der Waals surface area contributed by atoms with Gasteiger partial charge in [0.15, 0.2) is 5.84 Å². The van der Waals surface area contributed by atoms with E-state index in [-0.39, 0.29) is 11.9 Å². The number of amidine groups is 1. The molecular weight excluding hydrogens is 182 g/mol. The molecule has 1 saturated heterocycles. The zero-order valence-corrected chi connectivity index (χ0v) is 8.13. The van der Waals surface area contributed by atoms with Gasteiger partial charge in [-0.2, -0.15) is 0 Å². The maximum Gasteiger partial charge on any atom is 0.153 e. The minimum Gasteiger partial charge on any atom is -0.409 e. The van der Waals surface area contributed by atoms with Gasteiger partial charge in [-0.25, -0.2) is 0 Å². The van der Waals surface area contributed by atoms with E-state index < -0.39 is 0 Å². The molecule has 1 aliphatic carbocycles. The third-order valence-corrected chi connectivity index (χ3v) is 3.41. The monoisotopic (exact) mass is 199 g/mol. The molecule has 1 heterocycles. The first-order valence-electron chi connectivity index (χ1n) is 5.07. The highest BCUT2D eigenvalue weighted by atomic mass is 16.4. The summed E-state index contributed by atoms with van der Waals surface area (Å²) in [5.41, 5.74) is 5.43. The Hall–Kier alpha value is -0.810. The van der Waals surface area contributed by atoms with E-state index in [1.54, 1.807) is 0 Å². The number of nitrogens with zero attached hydrogens (tertiary/aromatic N) is 2. The fourth-order valence-corrected chi connectivity index (χ4v) is 2.72. The summed E-state index contributed by atoms with van der Waals surface area (Å²) in [5.74, 6) is 1.26. The van der Waals surface area contributed by atoms with Crippen LogP contribution in [-0.4, -0.2) is 46.8 Å². The van der Waals surface area contributed by atoms with Gasteiger partial charge in [0.25, 0.3) is 0 Å². The molecule has 3 atom stereocenters. The lowest BCUT2D eigenvalue weighted by atomic mass is 10.00. The average molecular weight is 199 g/mol. The summed E-state index contributed by atoms with van der Waals surface area (Å²) in [6, 6.07) is 0. The Morgan fingerprint density at radius 3 is 2.86 bits per heavy atom. The normalized spacial score (nSPS) is 38.9. The molecule has 14 heavy (non-hydrogen) atoms. The topological polar surface area (TPSA) is 82.1 Å². The third-order valence-electron chi connectivity index (χ3n) is 3.41. The molecule has 0 radical (unpaired) electrons. The highest BCUT2D eigenvalue weighted by molar-refractivity contribution is 5.81. The molecule has 5 heteroatoms. The molecule has 0 aromatic heterocycles. The fraction of sp³-hybridized carbons (Fsp3) is 0.889. The number of oxime groups is 1. The lowest BCUT2D eigenvalue weighted by Gasteiger charge is -2.16. The van der Waals surface area contributed by atoms with E-state index in [4.69, 9.17) is 10.9 Å². The van der Waals surface area contributed by atoms with Crippen molar-refractivity contribution < 1.29 is 10.3 Å². The number of hydrogen-bond acceptors (Lipinski definition) is 4. The molecule has 2 rings (SSSR count). The predicted molar refractivity (Wildman–Crippen MR) is 52.1 cm³/mol. The second-order valence-corrected chi connectivity index (χ2v) is 4.35. The number of rotatable bonds is 2. The standard InChI is InChI=1S/C9H17N3O2/c10-9(11-14)5-12-3-6-1-2-8(13)7(6)4-12/h6-8,13-14H,1-5H2,(H2,10,11). The summed E-state index contributed by atoms with van der Waals surface area (Å²) in [4.78, 5) is 2.15. The van der Waals surface area contributed by atoms with Crippen LogP contribution in [0.5, 0.6) is 0 Å². The van der Waals surface area contributed by atoms with Gasteiger partial charge in [0, 0.05) is 19.0 Å². The summed E-state index contributed by atoms with van der Waals surface area (Å²) in [5, 5.41) is 21.1. The molecule has 1 aliphatic heterocycles. The van der Waals surface area contributed by atoms with Gasteiger partial charge >= 0.3 is 0 Å². The van der Waals surface area contributed by atoms with Crippen LogP contribution in [0.15, 0.2) is 5.16 Å². The van der Waals surface area contributed by atoms with Crippen molar-refractivity contribution in [2.45, 2.75) is 18.9 Å². The largest absolute Gasteiger partial charge is 0.409 e. The average Bonchev–Trinajstić information content (AvgIpc) is 2.69. The molecule has 5 nitrogen and oxygen atoms in total. The van der Waals surface area contributed by atoms with Crippen molar-refractivity contribution in [3.63, 3.8) is 0 Å². The van der Waals surface area contributed by atoms with Crippen LogP contribution in [0.25, 0.3) is 0 Å². The zero-order valence-electron chi connectivity index (χ0n) is 8.13. The Labute approximate surface area is 83.2 Å². The highest BCUT2D eigenvalue weighted by Gasteiger charge is 2.41. The Balaban J connectivity index is 1.89. The third kappa shape index (κ3) is 1.69. The van der Waals surface area contributed by atoms with Crippen molar-refractivity contribution in [1.29, 1.82) is 0 Å². The molecule has 2 aliphatic rings. The van der Waals surface area contributed by atoms with Gasteiger partial charge in [0.2, 0.25) is 0 Å². The van der Waals surface area contributed by atoms with E-state index in [9.17, 15) is 5.11 Å². The summed E-state index contributed by atoms with van der Waals surface area (Å²) in [6.07, 6.45) is 1.91. The summed E-state index contributed by atoms with van der Waals surface area (Å²) < 4.78 is 0. The minimum atomic E-state index is -0.141. The molecule has 3 unspecified atom stereocenters. The van der Waals surface area contributed by atoms with Crippen LogP contribution in [0, 0.1) is 11.8 Å². The molecular formula is C9H17N3O2. The van der Waals surface area contributed by atoms with E-state index in [1.165, 1.54) is 0 Å². The van der Waals surface area contributed by atoms with Gasteiger partial charge in [0.1, 0.15) is 0 Å². The minimum absolute atomic E-state index is 0.141. The lowest BCUT2D eigenvalue weighted by Crippen LogP contribution is -2.33. The van der Waals surface area contributed by atoms with Gasteiger partial charge in [-0.15, -0.1) is 0 Å². The molecule has 1 saturated carbocycles. The van der Waals surface area contributed by atoms with Crippen molar-refractivity contribution in [3.05, 3.63) is 0 Å². The summed E-state index contributed by atoms with van der Waals surface area (Å²) in [7, 11) is 0. The van der Waals surface area contributed by atoms with Crippen LogP contribution in [0.3, 0.4) is 0 Å². The fourth-order valence-electron chi connectivity index (χ4n) is 2.72. The van der Waals surface area contributed by atoms with Crippen LogP contribution in [0.1, 0.15) is 12.8 Å². The number of aliphatic hydroxyl groups excluding tert-OH is 1. The van der Waals surface area contributed by atoms with Crippen LogP contribution in [-0.2, 0) is 0 Å². The van der Waals surface area contributed by atoms with Crippen LogP contribution >= 0.6 is 0 Å². The van der Waals surface area contributed by atoms with Gasteiger partial charge in [-0.1, -0.05) is 5.16 Å². The van der Waals surface area contributed by atoms with Crippen molar-refractivity contribution in [1.82, 2.24) is 4.90 Å². The molecule has 0 aromatic rings. The molecule has 0 aromatic carbocycles. The van der Waals surface area contributed by atoms with Gasteiger partial charge in [-0.05, 0) is 18.8 Å². The van der Waals surface area contributed by atoms with Crippen LogP contribution in [0.4, 0.5) is 0 Å². The quantitative estimate of drug-likeness (QED) is 0.241. The van der Waals surface area contributed by atoms with Crippen LogP contribution < -0.4 is 5.73 Å². The number of nitrogens with two attached hydrogens (primary N) is 1. The Morgan fingerprint density at radius 2 is 2.21 bits per heavy atom. The van der Waals surface area contributed by atoms with Crippen molar-refractivity contribution in [3.8, 4) is 0 Å². The molecule has 0 spiro atoms. The Bertz CT molecular complexity index is 244. The van der Waals surface area contributed by atoms with Crippen molar-refractivity contribution >= 4 is 5.84 Å². The van der Waals surface area contributed by atoms with E-state index >= 15 is 0 Å². The zero-order chi connectivity index (χ0) is 10.1. The van der Waals surface area contributed by atoms with E-state index in [0.717, 1.165) is 25.9 Å². The second kappa shape index (κ2) is 3.74. The predicted octanol–water partition coefficient (Wildman–Crippen LogP) is -0.565. The van der Waals surface area contributed by atoms with Gasteiger partial charge < -0.3 is 16.0 Å². The van der Waals surface area contributed by atoms with Gasteiger partial charge in [0.05, 0.1) is 12.6 Å². The number of hydrogen-bond donors (Lipinski definition) is 3. The SMILES string of the molecule is NC(CN1CC2CCC(O)C2C1)=NO. The maximum absolute atomic E-state index is 9.67. The Kier molecular flexibility index (Phi) is 2.60. The summed E-state index contributed by atoms with van der Waals surface area (Å²) >= 11 is 0. The lowest BCUT2D eigenvalue weighted by molar-refractivity contribution is 0.125. The van der Waals surface area contributed by atoms with Crippen LogP contribution in [0.2, 0.25) is 0 Å². The van der Waals surface area contributed by atoms with Crippen molar-refractivity contribution in [2.24, 2.45) is 22.7 Å². The Morgan fingerprint density at radius 1 is 1.43 bits per heavy atom. The molecule has 0 amide bonds. The smallest absolute Gasteiger partial charge is 0.153 e. The van der Waals surface area contributed by atoms with Gasteiger partial charge in [-0.3, -0.25) is 4.90 Å². The number of fused-ring (bicyclic) bond motifs is 1. The molecule has 2 fully saturated rings. The second-order valence-electron chi connectivity index (χ2n) is 4.35. The van der Waals surface area contributed by atoms with E-state index in [1.807, 2.05) is 0 Å². The molecule has 4 N–H and O–H groups in total. The van der Waals surface area contributed by atoms with E-state index in [0.29, 0.717) is 18.4 Å². The maximum atomic E-state index is 9.67. The first-order chi connectivity index (χ1) is 6.70. The summed E-state index contributed by atoms with van der Waals surface area (Å²) in [6.45, 7) is 2.36. The number of likely N-dealkylation sites (tertiary alicyclic amines) is 1.